The molecule has 2 amide bonds. The molecule has 6 heteroatoms. The fourth-order valence-electron chi connectivity index (χ4n) is 3.09. The zero-order valence-corrected chi connectivity index (χ0v) is 15.2. The van der Waals surface area contributed by atoms with Gasteiger partial charge < -0.3 is 15.3 Å². The SMILES string of the molecule is Cc1ccc(CCNC(=O)N2CCN(CC(C)(C)O)CC2C)cn1. The summed E-state index contributed by atoms with van der Waals surface area (Å²) in [7, 11) is 0. The highest BCUT2D eigenvalue weighted by Crippen LogP contribution is 2.13. The number of amides is 2. The summed E-state index contributed by atoms with van der Waals surface area (Å²) < 4.78 is 0. The lowest BCUT2D eigenvalue weighted by atomic mass is 10.1. The van der Waals surface area contributed by atoms with Gasteiger partial charge in [-0.25, -0.2) is 4.79 Å². The first-order valence-electron chi connectivity index (χ1n) is 8.65. The standard InChI is InChI=1S/C18H30N4O2/c1-14-5-6-16(11-20-14)7-8-19-17(23)22-10-9-21(12-15(22)2)13-18(3,4)24/h5-6,11,15,24H,7-10,12-13H2,1-4H3,(H,19,23). The van der Waals surface area contributed by atoms with Gasteiger partial charge >= 0.3 is 6.03 Å². The monoisotopic (exact) mass is 334 g/mol. The van der Waals surface area contributed by atoms with Crippen LogP contribution in [0.3, 0.4) is 0 Å². The minimum Gasteiger partial charge on any atom is -0.389 e. The van der Waals surface area contributed by atoms with Crippen molar-refractivity contribution in [3.63, 3.8) is 0 Å². The van der Waals surface area contributed by atoms with Gasteiger partial charge in [0.1, 0.15) is 0 Å². The number of aliphatic hydroxyl groups is 1. The van der Waals surface area contributed by atoms with Crippen molar-refractivity contribution in [1.82, 2.24) is 20.1 Å². The molecule has 1 unspecified atom stereocenters. The predicted molar refractivity (Wildman–Crippen MR) is 95.0 cm³/mol. The summed E-state index contributed by atoms with van der Waals surface area (Å²) in [5.74, 6) is 0. The molecule has 0 aliphatic carbocycles. The zero-order chi connectivity index (χ0) is 17.7. The molecule has 6 nitrogen and oxygen atoms in total. The van der Waals surface area contributed by atoms with Crippen LogP contribution in [0.2, 0.25) is 0 Å². The Morgan fingerprint density at radius 1 is 1.42 bits per heavy atom. The van der Waals surface area contributed by atoms with Crippen LogP contribution in [-0.2, 0) is 6.42 Å². The molecular weight excluding hydrogens is 304 g/mol. The average molecular weight is 334 g/mol. The highest BCUT2D eigenvalue weighted by atomic mass is 16.3. The Labute approximate surface area is 144 Å². The summed E-state index contributed by atoms with van der Waals surface area (Å²) in [6.07, 6.45) is 2.64. The van der Waals surface area contributed by atoms with Crippen LogP contribution in [0.4, 0.5) is 4.79 Å². The molecule has 2 N–H and O–H groups in total. The van der Waals surface area contributed by atoms with Crippen molar-refractivity contribution in [2.24, 2.45) is 0 Å². The number of β-amino-alcohol motifs (C(OH)–C–C–N with tert-alkyl or cyclic N) is 1. The maximum atomic E-state index is 12.4. The summed E-state index contributed by atoms with van der Waals surface area (Å²) in [6.45, 7) is 11.2. The number of urea groups is 1. The first-order chi connectivity index (χ1) is 11.2. The molecule has 0 spiro atoms. The Kier molecular flexibility index (Phi) is 6.18. The van der Waals surface area contributed by atoms with E-state index < -0.39 is 5.60 Å². The van der Waals surface area contributed by atoms with Crippen LogP contribution in [0.1, 0.15) is 32.0 Å². The van der Waals surface area contributed by atoms with E-state index in [4.69, 9.17) is 0 Å². The van der Waals surface area contributed by atoms with Gasteiger partial charge in [0.2, 0.25) is 0 Å². The van der Waals surface area contributed by atoms with Gasteiger partial charge in [-0.1, -0.05) is 6.07 Å². The van der Waals surface area contributed by atoms with Gasteiger partial charge in [0.15, 0.2) is 0 Å². The zero-order valence-electron chi connectivity index (χ0n) is 15.2. The third-order valence-electron chi connectivity index (χ3n) is 4.25. The molecule has 2 heterocycles. The Bertz CT molecular complexity index is 539. The summed E-state index contributed by atoms with van der Waals surface area (Å²) >= 11 is 0. The second-order valence-corrected chi connectivity index (χ2v) is 7.38. The Balaban J connectivity index is 1.75. The van der Waals surface area contributed by atoms with Crippen molar-refractivity contribution < 1.29 is 9.90 Å². The molecule has 2 rings (SSSR count). The van der Waals surface area contributed by atoms with Crippen molar-refractivity contribution in [3.05, 3.63) is 29.6 Å². The van der Waals surface area contributed by atoms with Gasteiger partial charge in [0, 0.05) is 50.7 Å². The van der Waals surface area contributed by atoms with Crippen molar-refractivity contribution in [3.8, 4) is 0 Å². The number of nitrogens with zero attached hydrogens (tertiary/aromatic N) is 3. The van der Waals surface area contributed by atoms with Crippen LogP contribution < -0.4 is 5.32 Å². The minimum atomic E-state index is -0.702. The molecule has 0 radical (unpaired) electrons. The normalized spacial score (nSPS) is 19.4. The number of carbonyl (C=O) groups is 1. The fourth-order valence-corrected chi connectivity index (χ4v) is 3.09. The van der Waals surface area contributed by atoms with E-state index in [1.807, 2.05) is 44.0 Å². The van der Waals surface area contributed by atoms with E-state index in [2.05, 4.69) is 22.1 Å². The number of aryl methyl sites for hydroxylation is 1. The Hall–Kier alpha value is -1.66. The maximum absolute atomic E-state index is 12.4. The summed E-state index contributed by atoms with van der Waals surface area (Å²) in [5, 5.41) is 12.9. The highest BCUT2D eigenvalue weighted by molar-refractivity contribution is 5.74. The molecule has 0 aromatic carbocycles. The van der Waals surface area contributed by atoms with Crippen LogP contribution in [-0.4, -0.2) is 70.3 Å². The second kappa shape index (κ2) is 7.94. The van der Waals surface area contributed by atoms with Crippen molar-refractivity contribution >= 4 is 6.03 Å². The number of rotatable bonds is 5. The van der Waals surface area contributed by atoms with Crippen molar-refractivity contribution in [1.29, 1.82) is 0 Å². The smallest absolute Gasteiger partial charge is 0.317 e. The van der Waals surface area contributed by atoms with E-state index in [0.29, 0.717) is 19.6 Å². The van der Waals surface area contributed by atoms with Crippen LogP contribution in [0.15, 0.2) is 18.3 Å². The van der Waals surface area contributed by atoms with Gasteiger partial charge in [-0.3, -0.25) is 9.88 Å². The lowest BCUT2D eigenvalue weighted by Gasteiger charge is -2.41. The van der Waals surface area contributed by atoms with E-state index in [9.17, 15) is 9.90 Å². The van der Waals surface area contributed by atoms with Crippen molar-refractivity contribution in [2.45, 2.75) is 45.8 Å². The van der Waals surface area contributed by atoms with E-state index in [1.165, 1.54) is 0 Å². The van der Waals surface area contributed by atoms with Gasteiger partial charge in [-0.15, -0.1) is 0 Å². The fraction of sp³-hybridized carbons (Fsp3) is 0.667. The molecule has 1 saturated heterocycles. The van der Waals surface area contributed by atoms with Crippen LogP contribution in [0.5, 0.6) is 0 Å². The maximum Gasteiger partial charge on any atom is 0.317 e. The molecule has 1 aromatic rings. The molecule has 1 aromatic heterocycles. The van der Waals surface area contributed by atoms with E-state index in [1.54, 1.807) is 0 Å². The van der Waals surface area contributed by atoms with Gasteiger partial charge in [0.05, 0.1) is 5.60 Å². The lowest BCUT2D eigenvalue weighted by Crippen LogP contribution is -2.58. The molecule has 1 aliphatic rings. The number of pyridine rings is 1. The largest absolute Gasteiger partial charge is 0.389 e. The van der Waals surface area contributed by atoms with E-state index in [0.717, 1.165) is 30.8 Å². The van der Waals surface area contributed by atoms with Crippen LogP contribution >= 0.6 is 0 Å². The number of hydrogen-bond acceptors (Lipinski definition) is 4. The lowest BCUT2D eigenvalue weighted by molar-refractivity contribution is 0.0119. The molecule has 1 atom stereocenters. The molecule has 134 valence electrons. The number of aromatic nitrogens is 1. The number of piperazine rings is 1. The molecule has 1 aliphatic heterocycles. The summed E-state index contributed by atoms with van der Waals surface area (Å²) in [5.41, 5.74) is 1.43. The molecule has 0 bridgehead atoms. The summed E-state index contributed by atoms with van der Waals surface area (Å²) in [4.78, 5) is 20.7. The molecule has 0 saturated carbocycles. The number of hydrogen-bond donors (Lipinski definition) is 2. The summed E-state index contributed by atoms with van der Waals surface area (Å²) in [6, 6.07) is 4.17. The average Bonchev–Trinajstić information content (AvgIpc) is 2.47. The number of carbonyl (C=O) groups excluding carboxylic acids is 1. The van der Waals surface area contributed by atoms with Crippen LogP contribution in [0, 0.1) is 6.92 Å². The second-order valence-electron chi connectivity index (χ2n) is 7.38. The van der Waals surface area contributed by atoms with Gasteiger partial charge in [-0.2, -0.15) is 0 Å². The Morgan fingerprint density at radius 3 is 2.75 bits per heavy atom. The van der Waals surface area contributed by atoms with Crippen LogP contribution in [0.25, 0.3) is 0 Å². The quantitative estimate of drug-likeness (QED) is 0.854. The molecule has 1 fully saturated rings. The van der Waals surface area contributed by atoms with Gasteiger partial charge in [0.25, 0.3) is 0 Å². The highest BCUT2D eigenvalue weighted by Gasteiger charge is 2.29. The Morgan fingerprint density at radius 2 is 2.17 bits per heavy atom. The molecule has 24 heavy (non-hydrogen) atoms. The number of nitrogens with one attached hydrogen (secondary N) is 1. The minimum absolute atomic E-state index is 0.00882. The topological polar surface area (TPSA) is 68.7 Å². The first kappa shape index (κ1) is 18.7. The molecular formula is C18H30N4O2. The third kappa shape index (κ3) is 5.76. The van der Waals surface area contributed by atoms with Gasteiger partial charge in [-0.05, 0) is 45.7 Å². The van der Waals surface area contributed by atoms with E-state index in [-0.39, 0.29) is 12.1 Å². The third-order valence-corrected chi connectivity index (χ3v) is 4.25. The van der Waals surface area contributed by atoms with E-state index >= 15 is 0 Å². The van der Waals surface area contributed by atoms with Crippen molar-refractivity contribution in [2.75, 3.05) is 32.7 Å². The first-order valence-corrected chi connectivity index (χ1v) is 8.65. The predicted octanol–water partition coefficient (Wildman–Crippen LogP) is 1.42.